The molecule has 0 aliphatic rings. The van der Waals surface area contributed by atoms with Gasteiger partial charge in [-0.25, -0.2) is 0 Å². The highest BCUT2D eigenvalue weighted by Crippen LogP contribution is 2.45. The Balaban J connectivity index is 1.59. The first-order chi connectivity index (χ1) is 20.2. The maximum Gasteiger partial charge on any atom is 0.169 e. The quantitative estimate of drug-likeness (QED) is 0.159. The lowest BCUT2D eigenvalue weighted by Crippen LogP contribution is -2.51. The summed E-state index contributed by atoms with van der Waals surface area (Å²) in [4.78, 5) is 4.28. The minimum Gasteiger partial charge on any atom is -0.497 e. The Morgan fingerprint density at radius 2 is 1.52 bits per heavy atom. The van der Waals surface area contributed by atoms with Crippen LogP contribution in [0.15, 0.2) is 97.5 Å². The normalized spacial score (nSPS) is 12.0. The largest absolute Gasteiger partial charge is 0.497 e. The molecule has 5 aromatic rings. The van der Waals surface area contributed by atoms with Gasteiger partial charge in [-0.05, 0) is 88.0 Å². The highest BCUT2D eigenvalue weighted by Gasteiger charge is 2.45. The Morgan fingerprint density at radius 1 is 0.786 bits per heavy atom. The van der Waals surface area contributed by atoms with Crippen LogP contribution >= 0.6 is 0 Å². The Morgan fingerprint density at radius 3 is 2.17 bits per heavy atom. The third-order valence-corrected chi connectivity index (χ3v) is 15.4. The number of fused-ring (bicyclic) bond motifs is 1. The highest BCUT2D eigenvalue weighted by atomic mass is 28.3. The number of pyridine rings is 1. The maximum atomic E-state index is 6.38. The fourth-order valence-electron chi connectivity index (χ4n) is 6.99. The Kier molecular flexibility index (Phi) is 8.74. The first-order valence-electron chi connectivity index (χ1n) is 14.9. The first kappa shape index (κ1) is 29.5. The molecule has 0 amide bonds. The minimum atomic E-state index is -1.91. The molecule has 0 unspecified atom stereocenters. The minimum absolute atomic E-state index is 0.464. The summed E-state index contributed by atoms with van der Waals surface area (Å²) in [5.74, 6) is 1.64. The molecule has 0 fully saturated rings. The van der Waals surface area contributed by atoms with E-state index in [1.807, 2.05) is 42.6 Å². The number of aromatic nitrogens is 2. The summed E-state index contributed by atoms with van der Waals surface area (Å²) in [6.45, 7) is 15.0. The fourth-order valence-corrected chi connectivity index (χ4v) is 13.6. The number of nitrogens with zero attached hydrogens (tertiary/aromatic N) is 2. The summed E-state index contributed by atoms with van der Waals surface area (Å²) in [6.07, 6.45) is 5.98. The van der Waals surface area contributed by atoms with Crippen LogP contribution in [0.3, 0.4) is 0 Å². The van der Waals surface area contributed by atoms with E-state index in [0.717, 1.165) is 34.0 Å². The lowest BCUT2D eigenvalue weighted by atomic mass is 10.0. The van der Waals surface area contributed by atoms with Crippen LogP contribution in [-0.2, 0) is 6.61 Å². The van der Waals surface area contributed by atoms with Gasteiger partial charge in [0.1, 0.15) is 18.1 Å². The molecule has 3 aromatic carbocycles. The topological polar surface area (TPSA) is 48.3 Å². The van der Waals surface area contributed by atoms with Gasteiger partial charge in [0.25, 0.3) is 0 Å². The van der Waals surface area contributed by atoms with Crippen molar-refractivity contribution < 1.29 is 9.47 Å². The Labute approximate surface area is 251 Å². The number of nitrogens with one attached hydrogen (secondary N) is 1. The van der Waals surface area contributed by atoms with E-state index in [-0.39, 0.29) is 0 Å². The van der Waals surface area contributed by atoms with Crippen LogP contribution < -0.4 is 14.8 Å². The predicted molar refractivity (Wildman–Crippen MR) is 179 cm³/mol. The molecule has 0 aliphatic heterocycles. The molecule has 0 radical (unpaired) electrons. The number of rotatable bonds is 11. The van der Waals surface area contributed by atoms with Gasteiger partial charge in [-0.15, -0.1) is 0 Å². The molecule has 0 aliphatic carbocycles. The highest BCUT2D eigenvalue weighted by molar-refractivity contribution is 6.82. The number of hydrogen-bond donors (Lipinski definition) is 1. The van der Waals surface area contributed by atoms with Crippen LogP contribution in [0.5, 0.6) is 11.5 Å². The van der Waals surface area contributed by atoms with Crippen molar-refractivity contribution in [3.8, 4) is 22.6 Å². The smallest absolute Gasteiger partial charge is 0.169 e. The van der Waals surface area contributed by atoms with Crippen molar-refractivity contribution >= 4 is 30.5 Å². The van der Waals surface area contributed by atoms with Gasteiger partial charge in [-0.2, -0.15) is 0 Å². The molecule has 218 valence electrons. The van der Waals surface area contributed by atoms with E-state index >= 15 is 0 Å². The summed E-state index contributed by atoms with van der Waals surface area (Å²) >= 11 is 0. The molecule has 42 heavy (non-hydrogen) atoms. The van der Waals surface area contributed by atoms with Crippen LogP contribution in [-0.4, -0.2) is 24.6 Å². The van der Waals surface area contributed by atoms with E-state index in [1.165, 1.54) is 16.5 Å². The second kappa shape index (κ2) is 12.5. The summed E-state index contributed by atoms with van der Waals surface area (Å²) in [7, 11) is -0.226. The predicted octanol–water partition coefficient (Wildman–Crippen LogP) is 10.1. The maximum absolute atomic E-state index is 6.38. The molecule has 1 N–H and O–H groups in total. The molecule has 2 heterocycles. The molecule has 5 nitrogen and oxygen atoms in total. The van der Waals surface area contributed by atoms with Gasteiger partial charge in [-0.1, -0.05) is 65.8 Å². The Hall–Kier alpha value is -4.03. The van der Waals surface area contributed by atoms with Crippen molar-refractivity contribution in [2.75, 3.05) is 12.4 Å². The lowest BCUT2D eigenvalue weighted by molar-refractivity contribution is 0.306. The summed E-state index contributed by atoms with van der Waals surface area (Å²) in [5, 5.41) is 4.81. The van der Waals surface area contributed by atoms with Gasteiger partial charge < -0.3 is 19.0 Å². The molecule has 5 rings (SSSR count). The molecular formula is C36H43N3O2Si. The molecule has 0 spiro atoms. The summed E-state index contributed by atoms with van der Waals surface area (Å²) in [5.41, 5.74) is 8.45. The zero-order chi connectivity index (χ0) is 29.9. The second-order valence-electron chi connectivity index (χ2n) is 12.0. The second-order valence-corrected chi connectivity index (χ2v) is 17.7. The average Bonchev–Trinajstić information content (AvgIpc) is 3.41. The monoisotopic (exact) mass is 577 g/mol. The van der Waals surface area contributed by atoms with Gasteiger partial charge in [0, 0.05) is 28.9 Å². The zero-order valence-electron chi connectivity index (χ0n) is 25.9. The van der Waals surface area contributed by atoms with Gasteiger partial charge in [-0.3, -0.25) is 4.98 Å². The van der Waals surface area contributed by atoms with E-state index in [9.17, 15) is 0 Å². The Bertz CT molecular complexity index is 1600. The van der Waals surface area contributed by atoms with Crippen molar-refractivity contribution in [3.05, 3.63) is 103 Å². The third kappa shape index (κ3) is 5.68. The summed E-state index contributed by atoms with van der Waals surface area (Å²) < 4.78 is 14.4. The standard InChI is InChI=1S/C36H43N3O2Si/c1-25(2)42(26(3)4,27(5)6)39-19-17-35-34(11-8-12-36(35)39)29-20-31(38-30-10-9-18-37-23-30)22-33(21-29)41-24-28-13-15-32(40-7)16-14-28/h8-23,25-27,38H,24H2,1-7H3. The van der Waals surface area contributed by atoms with Crippen molar-refractivity contribution in [1.29, 1.82) is 0 Å². The molecule has 0 saturated carbocycles. The van der Waals surface area contributed by atoms with Crippen LogP contribution in [0, 0.1) is 0 Å². The molecule has 6 heteroatoms. The lowest BCUT2D eigenvalue weighted by Gasteiger charge is -2.44. The first-order valence-corrected chi connectivity index (χ1v) is 17.1. The summed E-state index contributed by atoms with van der Waals surface area (Å²) in [6, 6.07) is 27.4. The molecule has 0 atom stereocenters. The van der Waals surface area contributed by atoms with E-state index < -0.39 is 8.24 Å². The van der Waals surface area contributed by atoms with Gasteiger partial charge >= 0.3 is 0 Å². The van der Waals surface area contributed by atoms with E-state index in [0.29, 0.717) is 23.2 Å². The van der Waals surface area contributed by atoms with E-state index in [1.54, 1.807) is 13.3 Å². The number of benzene rings is 3. The number of methoxy groups -OCH3 is 1. The van der Waals surface area contributed by atoms with Gasteiger partial charge in [0.15, 0.2) is 8.24 Å². The van der Waals surface area contributed by atoms with Crippen molar-refractivity contribution in [1.82, 2.24) is 9.22 Å². The van der Waals surface area contributed by atoms with Crippen LogP contribution in [0.1, 0.15) is 47.1 Å². The zero-order valence-corrected chi connectivity index (χ0v) is 26.9. The SMILES string of the molecule is COc1ccc(COc2cc(Nc3cccnc3)cc(-c3cccc4c3ccn4[Si](C(C)C)(C(C)C)C(C)C)c2)cc1. The number of ether oxygens (including phenoxy) is 2. The van der Waals surface area contributed by atoms with Crippen LogP contribution in [0.4, 0.5) is 11.4 Å². The average molecular weight is 578 g/mol. The molecular weight excluding hydrogens is 535 g/mol. The van der Waals surface area contributed by atoms with E-state index in [2.05, 4.69) is 105 Å². The molecule has 2 aromatic heterocycles. The van der Waals surface area contributed by atoms with E-state index in [4.69, 9.17) is 9.47 Å². The van der Waals surface area contributed by atoms with Crippen molar-refractivity contribution in [3.63, 3.8) is 0 Å². The van der Waals surface area contributed by atoms with Crippen molar-refractivity contribution in [2.45, 2.75) is 64.8 Å². The number of hydrogen-bond acceptors (Lipinski definition) is 4. The fraction of sp³-hybridized carbons (Fsp3) is 0.306. The number of anilines is 2. The van der Waals surface area contributed by atoms with Crippen molar-refractivity contribution in [2.24, 2.45) is 0 Å². The van der Waals surface area contributed by atoms with Gasteiger partial charge in [0.05, 0.1) is 19.0 Å². The molecule has 0 bridgehead atoms. The van der Waals surface area contributed by atoms with Crippen LogP contribution in [0.2, 0.25) is 16.6 Å². The third-order valence-electron chi connectivity index (χ3n) is 8.66. The van der Waals surface area contributed by atoms with Gasteiger partial charge in [0.2, 0.25) is 0 Å². The molecule has 0 saturated heterocycles. The van der Waals surface area contributed by atoms with Crippen LogP contribution in [0.25, 0.3) is 22.0 Å².